The van der Waals surface area contributed by atoms with Crippen LogP contribution in [0, 0.1) is 6.92 Å². The van der Waals surface area contributed by atoms with Crippen LogP contribution >= 0.6 is 0 Å². The summed E-state index contributed by atoms with van der Waals surface area (Å²) in [7, 11) is 0. The number of hydrogen-bond donors (Lipinski definition) is 3. The van der Waals surface area contributed by atoms with E-state index in [0.717, 1.165) is 23.7 Å². The van der Waals surface area contributed by atoms with Gasteiger partial charge in [-0.3, -0.25) is 4.79 Å². The molecule has 104 valence electrons. The van der Waals surface area contributed by atoms with Crippen molar-refractivity contribution in [3.05, 3.63) is 47.7 Å². The molecule has 20 heavy (non-hydrogen) atoms. The molecule has 4 N–H and O–H groups in total. The summed E-state index contributed by atoms with van der Waals surface area (Å²) in [6.45, 7) is 2.04. The topological polar surface area (TPSA) is 70.9 Å². The Bertz CT molecular complexity index is 671. The molecule has 3 rings (SSSR count). The summed E-state index contributed by atoms with van der Waals surface area (Å²) < 4.78 is 0. The minimum Gasteiger partial charge on any atom is -0.351 e. The molecule has 1 heterocycles. The third kappa shape index (κ3) is 2.47. The molecule has 0 aliphatic heterocycles. The van der Waals surface area contributed by atoms with Gasteiger partial charge < -0.3 is 16.0 Å². The molecule has 1 aromatic carbocycles. The summed E-state index contributed by atoms with van der Waals surface area (Å²) in [6.07, 6.45) is 5.75. The normalized spacial score (nSPS) is 22.1. The van der Waals surface area contributed by atoms with Crippen LogP contribution in [0.4, 0.5) is 0 Å². The van der Waals surface area contributed by atoms with E-state index in [0.29, 0.717) is 5.69 Å². The van der Waals surface area contributed by atoms with E-state index >= 15 is 0 Å². The largest absolute Gasteiger partial charge is 0.351 e. The molecule has 2 aromatic rings. The highest BCUT2D eigenvalue weighted by Gasteiger charge is 2.21. The molecular weight excluding hydrogens is 250 g/mol. The third-order valence-corrected chi connectivity index (χ3v) is 3.82. The lowest BCUT2D eigenvalue weighted by atomic mass is 9.97. The van der Waals surface area contributed by atoms with Gasteiger partial charge in [0.1, 0.15) is 5.69 Å². The van der Waals surface area contributed by atoms with Gasteiger partial charge >= 0.3 is 0 Å². The van der Waals surface area contributed by atoms with Crippen LogP contribution in [0.1, 0.15) is 28.9 Å². The number of benzene rings is 1. The number of H-pyrrole nitrogens is 1. The number of amides is 1. The number of fused-ring (bicyclic) bond motifs is 1. The highest BCUT2D eigenvalue weighted by atomic mass is 16.1. The Labute approximate surface area is 118 Å². The Morgan fingerprint density at radius 3 is 2.90 bits per heavy atom. The zero-order valence-electron chi connectivity index (χ0n) is 11.5. The molecular formula is C16H19N3O. The SMILES string of the molecule is Cc1ccc2[nH]c(C(=O)N[C@H]3CC=CC[C@H]3N)cc2c1. The lowest BCUT2D eigenvalue weighted by Gasteiger charge is -2.25. The number of carbonyl (C=O) groups is 1. The van der Waals surface area contributed by atoms with E-state index in [2.05, 4.69) is 28.5 Å². The Hall–Kier alpha value is -2.07. The van der Waals surface area contributed by atoms with Gasteiger partial charge in [-0.1, -0.05) is 23.8 Å². The Morgan fingerprint density at radius 2 is 2.10 bits per heavy atom. The van der Waals surface area contributed by atoms with Crippen LogP contribution in [0.2, 0.25) is 0 Å². The second-order valence-corrected chi connectivity index (χ2v) is 5.46. The summed E-state index contributed by atoms with van der Waals surface area (Å²) in [4.78, 5) is 15.4. The number of rotatable bonds is 2. The van der Waals surface area contributed by atoms with Crippen molar-refractivity contribution in [3.63, 3.8) is 0 Å². The summed E-state index contributed by atoms with van der Waals surface area (Å²) in [6, 6.07) is 7.99. The van der Waals surface area contributed by atoms with Crippen LogP contribution in [-0.2, 0) is 0 Å². The first-order chi connectivity index (χ1) is 9.63. The smallest absolute Gasteiger partial charge is 0.268 e. The average Bonchev–Trinajstić information content (AvgIpc) is 2.84. The zero-order valence-corrected chi connectivity index (χ0v) is 11.5. The van der Waals surface area contributed by atoms with Gasteiger partial charge in [-0.2, -0.15) is 0 Å². The van der Waals surface area contributed by atoms with Crippen molar-refractivity contribution in [2.45, 2.75) is 31.8 Å². The van der Waals surface area contributed by atoms with E-state index in [9.17, 15) is 4.79 Å². The average molecular weight is 269 g/mol. The fraction of sp³-hybridized carbons (Fsp3) is 0.312. The first kappa shape index (κ1) is 12.9. The standard InChI is InChI=1S/C16H19N3O/c1-10-6-7-13-11(8-10)9-15(18-13)16(20)19-14-5-3-2-4-12(14)17/h2-3,6-9,12,14,18H,4-5,17H2,1H3,(H,19,20)/t12-,14+/m1/s1. The fourth-order valence-electron chi connectivity index (χ4n) is 2.62. The monoisotopic (exact) mass is 269 g/mol. The summed E-state index contributed by atoms with van der Waals surface area (Å²) in [5.41, 5.74) is 8.78. The maximum Gasteiger partial charge on any atom is 0.268 e. The first-order valence-corrected chi connectivity index (χ1v) is 6.94. The number of hydrogen-bond acceptors (Lipinski definition) is 2. The third-order valence-electron chi connectivity index (χ3n) is 3.82. The number of aromatic nitrogens is 1. The molecule has 0 spiro atoms. The van der Waals surface area contributed by atoms with Crippen LogP contribution in [0.5, 0.6) is 0 Å². The molecule has 0 saturated carbocycles. The molecule has 1 amide bonds. The molecule has 2 atom stereocenters. The predicted molar refractivity (Wildman–Crippen MR) is 80.6 cm³/mol. The van der Waals surface area contributed by atoms with E-state index in [1.54, 1.807) is 0 Å². The molecule has 4 heteroatoms. The summed E-state index contributed by atoms with van der Waals surface area (Å²) >= 11 is 0. The highest BCUT2D eigenvalue weighted by Crippen LogP contribution is 2.17. The molecule has 0 fully saturated rings. The maximum atomic E-state index is 12.3. The summed E-state index contributed by atoms with van der Waals surface area (Å²) in [5.74, 6) is -0.0883. The van der Waals surface area contributed by atoms with Crippen LogP contribution in [-0.4, -0.2) is 23.0 Å². The summed E-state index contributed by atoms with van der Waals surface area (Å²) in [5, 5.41) is 4.07. The van der Waals surface area contributed by atoms with E-state index in [4.69, 9.17) is 5.73 Å². The molecule has 0 unspecified atom stereocenters. The molecule has 1 aliphatic carbocycles. The fourth-order valence-corrected chi connectivity index (χ4v) is 2.62. The molecule has 1 aliphatic rings. The second kappa shape index (κ2) is 5.13. The predicted octanol–water partition coefficient (Wildman–Crippen LogP) is 2.25. The number of nitrogens with two attached hydrogens (primary N) is 1. The quantitative estimate of drug-likeness (QED) is 0.732. The number of carbonyl (C=O) groups excluding carboxylic acids is 1. The molecule has 0 bridgehead atoms. The zero-order chi connectivity index (χ0) is 14.1. The van der Waals surface area contributed by atoms with Gasteiger partial charge in [0.2, 0.25) is 0 Å². The van der Waals surface area contributed by atoms with Crippen LogP contribution in [0.3, 0.4) is 0 Å². The van der Waals surface area contributed by atoms with Crippen molar-refractivity contribution < 1.29 is 4.79 Å². The Morgan fingerprint density at radius 1 is 1.30 bits per heavy atom. The van der Waals surface area contributed by atoms with Crippen molar-refractivity contribution in [3.8, 4) is 0 Å². The molecule has 1 aromatic heterocycles. The molecule has 0 saturated heterocycles. The molecule has 4 nitrogen and oxygen atoms in total. The van der Waals surface area contributed by atoms with E-state index in [1.807, 2.05) is 25.1 Å². The van der Waals surface area contributed by atoms with Gasteiger partial charge in [-0.15, -0.1) is 0 Å². The van der Waals surface area contributed by atoms with E-state index in [1.165, 1.54) is 5.56 Å². The van der Waals surface area contributed by atoms with Gasteiger partial charge in [0.25, 0.3) is 5.91 Å². The highest BCUT2D eigenvalue weighted by molar-refractivity contribution is 5.98. The van der Waals surface area contributed by atoms with Crippen molar-refractivity contribution >= 4 is 16.8 Å². The Balaban J connectivity index is 1.80. The second-order valence-electron chi connectivity index (χ2n) is 5.46. The minimum absolute atomic E-state index is 0.00410. The van der Waals surface area contributed by atoms with E-state index < -0.39 is 0 Å². The van der Waals surface area contributed by atoms with Gasteiger partial charge in [0, 0.05) is 23.0 Å². The number of aryl methyl sites for hydroxylation is 1. The number of nitrogens with one attached hydrogen (secondary N) is 2. The lowest BCUT2D eigenvalue weighted by molar-refractivity contribution is 0.0926. The van der Waals surface area contributed by atoms with Crippen molar-refractivity contribution in [2.24, 2.45) is 5.73 Å². The maximum absolute atomic E-state index is 12.3. The van der Waals surface area contributed by atoms with Crippen molar-refractivity contribution in [1.82, 2.24) is 10.3 Å². The van der Waals surface area contributed by atoms with E-state index in [-0.39, 0.29) is 18.0 Å². The Kier molecular flexibility index (Phi) is 3.32. The molecule has 0 radical (unpaired) electrons. The minimum atomic E-state index is -0.0883. The van der Waals surface area contributed by atoms with Gasteiger partial charge in [0.05, 0.1) is 0 Å². The van der Waals surface area contributed by atoms with Gasteiger partial charge in [0.15, 0.2) is 0 Å². The number of aromatic amines is 1. The van der Waals surface area contributed by atoms with Crippen LogP contribution in [0.25, 0.3) is 10.9 Å². The van der Waals surface area contributed by atoms with Crippen molar-refractivity contribution in [2.75, 3.05) is 0 Å². The lowest BCUT2D eigenvalue weighted by Crippen LogP contribution is -2.48. The van der Waals surface area contributed by atoms with Crippen molar-refractivity contribution in [1.29, 1.82) is 0 Å². The van der Waals surface area contributed by atoms with Crippen LogP contribution < -0.4 is 11.1 Å². The van der Waals surface area contributed by atoms with Gasteiger partial charge in [-0.25, -0.2) is 0 Å². The van der Waals surface area contributed by atoms with Crippen LogP contribution in [0.15, 0.2) is 36.4 Å². The van der Waals surface area contributed by atoms with Gasteiger partial charge in [-0.05, 0) is 38.0 Å². The first-order valence-electron chi connectivity index (χ1n) is 6.94.